The number of hydrogen-bond donors (Lipinski definition) is 0. The first kappa shape index (κ1) is 19.3. The van der Waals surface area contributed by atoms with Gasteiger partial charge >= 0.3 is 6.09 Å². The molecule has 130 valence electrons. The van der Waals surface area contributed by atoms with Gasteiger partial charge in [0, 0.05) is 18.7 Å². The molecule has 0 saturated heterocycles. The smallest absolute Gasteiger partial charge is 0.414 e. The number of halogens is 1. The van der Waals surface area contributed by atoms with Crippen molar-refractivity contribution in [3.63, 3.8) is 0 Å². The Morgan fingerprint density at radius 1 is 1.39 bits per heavy atom. The van der Waals surface area contributed by atoms with Gasteiger partial charge in [-0.15, -0.1) is 0 Å². The number of carbonyl (C=O) groups excluding carboxylic acids is 1. The predicted octanol–water partition coefficient (Wildman–Crippen LogP) is 4.94. The van der Waals surface area contributed by atoms with Gasteiger partial charge in [-0.2, -0.15) is 0 Å². The van der Waals surface area contributed by atoms with Crippen LogP contribution in [0.1, 0.15) is 47.5 Å². The highest BCUT2D eigenvalue weighted by atomic mass is 19.1. The molecule has 1 rings (SSSR count). The molecule has 0 aliphatic heterocycles. The second-order valence-corrected chi connectivity index (χ2v) is 7.07. The minimum atomic E-state index is -0.586. The van der Waals surface area contributed by atoms with Crippen LogP contribution in [0.2, 0.25) is 0 Å². The van der Waals surface area contributed by atoms with Crippen LogP contribution in [0.15, 0.2) is 35.5 Å². The Balaban J connectivity index is 3.03. The molecule has 5 heteroatoms. The number of methoxy groups -OCH3 is 1. The zero-order chi connectivity index (χ0) is 17.8. The molecule has 1 aliphatic carbocycles. The lowest BCUT2D eigenvalue weighted by molar-refractivity contribution is 0.0300. The first-order chi connectivity index (χ1) is 10.5. The number of nitrogens with zero attached hydrogens (tertiary/aromatic N) is 1. The molecule has 0 N–H and O–H groups in total. The minimum absolute atomic E-state index is 0.195. The average molecular weight is 325 g/mol. The molecule has 0 aromatic carbocycles. The van der Waals surface area contributed by atoms with Gasteiger partial charge in [-0.25, -0.2) is 9.18 Å². The van der Waals surface area contributed by atoms with Crippen LogP contribution < -0.4 is 0 Å². The van der Waals surface area contributed by atoms with Crippen LogP contribution in [0.4, 0.5) is 9.18 Å². The second kappa shape index (κ2) is 7.66. The Labute approximate surface area is 138 Å². The van der Waals surface area contributed by atoms with E-state index < -0.39 is 11.7 Å². The predicted molar refractivity (Wildman–Crippen MR) is 89.4 cm³/mol. The van der Waals surface area contributed by atoms with Crippen LogP contribution >= 0.6 is 0 Å². The maximum Gasteiger partial charge on any atom is 0.414 e. The van der Waals surface area contributed by atoms with Gasteiger partial charge in [0.1, 0.15) is 11.4 Å². The molecular formula is C18H28FNO3. The van der Waals surface area contributed by atoms with Crippen molar-refractivity contribution < 1.29 is 18.7 Å². The van der Waals surface area contributed by atoms with Crippen molar-refractivity contribution in [3.05, 3.63) is 35.5 Å². The van der Waals surface area contributed by atoms with E-state index in [0.29, 0.717) is 18.7 Å². The fourth-order valence-electron chi connectivity index (χ4n) is 2.22. The van der Waals surface area contributed by atoms with E-state index in [0.717, 1.165) is 5.57 Å². The molecule has 0 spiro atoms. The van der Waals surface area contributed by atoms with Crippen molar-refractivity contribution in [2.45, 2.75) is 53.1 Å². The molecular weight excluding hydrogens is 297 g/mol. The molecule has 0 aromatic rings. The van der Waals surface area contributed by atoms with Gasteiger partial charge in [0.2, 0.25) is 0 Å². The summed E-state index contributed by atoms with van der Waals surface area (Å²) < 4.78 is 24.2. The van der Waals surface area contributed by atoms with E-state index in [2.05, 4.69) is 6.58 Å². The quantitative estimate of drug-likeness (QED) is 0.718. The highest BCUT2D eigenvalue weighted by Crippen LogP contribution is 2.31. The van der Waals surface area contributed by atoms with Crippen molar-refractivity contribution in [2.24, 2.45) is 5.92 Å². The summed E-state index contributed by atoms with van der Waals surface area (Å²) in [6.45, 7) is 14.0. The lowest BCUT2D eigenvalue weighted by Gasteiger charge is -2.31. The van der Waals surface area contributed by atoms with Crippen LogP contribution in [0, 0.1) is 5.92 Å². The Bertz CT molecular complexity index is 527. The van der Waals surface area contributed by atoms with E-state index in [-0.39, 0.29) is 23.9 Å². The van der Waals surface area contributed by atoms with Crippen LogP contribution in [-0.2, 0) is 9.47 Å². The van der Waals surface area contributed by atoms with Crippen molar-refractivity contribution >= 4 is 6.09 Å². The summed E-state index contributed by atoms with van der Waals surface area (Å²) in [6, 6.07) is 0. The number of carbonyl (C=O) groups is 1. The number of rotatable bonds is 5. The minimum Gasteiger partial charge on any atom is -0.494 e. The molecule has 1 aliphatic rings. The maximum atomic E-state index is 13.7. The van der Waals surface area contributed by atoms with E-state index in [1.165, 1.54) is 12.0 Å². The monoisotopic (exact) mass is 325 g/mol. The zero-order valence-electron chi connectivity index (χ0n) is 15.0. The SMILES string of the molecule is C=C(C1=CC(OC)=C(F)CC1)N(CC(C)C)C(=O)OC(C)(C)C. The molecule has 0 unspecified atom stereocenters. The second-order valence-electron chi connectivity index (χ2n) is 7.07. The summed E-state index contributed by atoms with van der Waals surface area (Å²) in [4.78, 5) is 14.0. The fourth-order valence-corrected chi connectivity index (χ4v) is 2.22. The average Bonchev–Trinajstić information content (AvgIpc) is 2.42. The first-order valence-corrected chi connectivity index (χ1v) is 7.88. The highest BCUT2D eigenvalue weighted by molar-refractivity contribution is 5.71. The van der Waals surface area contributed by atoms with Crippen LogP contribution in [0.25, 0.3) is 0 Å². The fraction of sp³-hybridized carbons (Fsp3) is 0.611. The number of hydrogen-bond acceptors (Lipinski definition) is 3. The molecule has 0 aromatic heterocycles. The van der Waals surface area contributed by atoms with Crippen LogP contribution in [-0.4, -0.2) is 30.2 Å². The molecule has 0 atom stereocenters. The largest absolute Gasteiger partial charge is 0.494 e. The van der Waals surface area contributed by atoms with Gasteiger partial charge in [-0.05, 0) is 44.8 Å². The molecule has 0 saturated carbocycles. The molecule has 23 heavy (non-hydrogen) atoms. The van der Waals surface area contributed by atoms with Gasteiger partial charge < -0.3 is 9.47 Å². The Hall–Kier alpha value is -1.78. The molecule has 0 radical (unpaired) electrons. The third-order valence-corrected chi connectivity index (χ3v) is 3.26. The van der Waals surface area contributed by atoms with Gasteiger partial charge in [0.25, 0.3) is 0 Å². The Morgan fingerprint density at radius 2 is 2.00 bits per heavy atom. The van der Waals surface area contributed by atoms with Crippen molar-refractivity contribution in [3.8, 4) is 0 Å². The lowest BCUT2D eigenvalue weighted by Crippen LogP contribution is -2.38. The van der Waals surface area contributed by atoms with Gasteiger partial charge in [0.05, 0.1) is 7.11 Å². The molecule has 4 nitrogen and oxygen atoms in total. The van der Waals surface area contributed by atoms with Gasteiger partial charge in [-0.3, -0.25) is 4.90 Å². The molecule has 0 bridgehead atoms. The van der Waals surface area contributed by atoms with E-state index in [1.54, 1.807) is 6.08 Å². The van der Waals surface area contributed by atoms with E-state index in [4.69, 9.17) is 9.47 Å². The van der Waals surface area contributed by atoms with Gasteiger partial charge in [0.15, 0.2) is 5.76 Å². The Kier molecular flexibility index (Phi) is 6.42. The van der Waals surface area contributed by atoms with Crippen LogP contribution in [0.3, 0.4) is 0 Å². The summed E-state index contributed by atoms with van der Waals surface area (Å²) in [5, 5.41) is 0. The summed E-state index contributed by atoms with van der Waals surface area (Å²) in [5.41, 5.74) is 0.738. The summed E-state index contributed by atoms with van der Waals surface area (Å²) in [6.07, 6.45) is 1.90. The molecule has 0 heterocycles. The van der Waals surface area contributed by atoms with Crippen molar-refractivity contribution in [1.82, 2.24) is 4.90 Å². The first-order valence-electron chi connectivity index (χ1n) is 7.88. The van der Waals surface area contributed by atoms with E-state index in [9.17, 15) is 9.18 Å². The van der Waals surface area contributed by atoms with Crippen LogP contribution in [0.5, 0.6) is 0 Å². The van der Waals surface area contributed by atoms with Gasteiger partial charge in [-0.1, -0.05) is 20.4 Å². The number of ether oxygens (including phenoxy) is 2. The third-order valence-electron chi connectivity index (χ3n) is 3.26. The summed E-state index contributed by atoms with van der Waals surface area (Å²) in [7, 11) is 1.43. The third kappa shape index (κ3) is 5.73. The number of allylic oxidation sites excluding steroid dienone is 3. The summed E-state index contributed by atoms with van der Waals surface area (Å²) in [5.74, 6) is 0.162. The standard InChI is InChI=1S/C18H28FNO3/c1-12(2)11-20(17(21)23-18(4,5)6)13(3)14-8-9-15(19)16(10-14)22-7/h10,12H,3,8-9,11H2,1-2,4-7H3. The van der Waals surface area contributed by atoms with Crippen molar-refractivity contribution in [2.75, 3.05) is 13.7 Å². The molecule has 1 amide bonds. The normalized spacial score (nSPS) is 15.4. The molecule has 0 fully saturated rings. The zero-order valence-corrected chi connectivity index (χ0v) is 15.0. The summed E-state index contributed by atoms with van der Waals surface area (Å²) >= 11 is 0. The maximum absolute atomic E-state index is 13.7. The number of amides is 1. The van der Waals surface area contributed by atoms with E-state index >= 15 is 0 Å². The highest BCUT2D eigenvalue weighted by Gasteiger charge is 2.27. The Morgan fingerprint density at radius 3 is 2.48 bits per heavy atom. The van der Waals surface area contributed by atoms with Crippen molar-refractivity contribution in [1.29, 1.82) is 0 Å². The lowest BCUT2D eigenvalue weighted by atomic mass is 9.99. The van der Waals surface area contributed by atoms with E-state index in [1.807, 2.05) is 34.6 Å². The topological polar surface area (TPSA) is 38.8 Å².